The highest BCUT2D eigenvalue weighted by Gasteiger charge is 2.24. The predicted molar refractivity (Wildman–Crippen MR) is 98.2 cm³/mol. The van der Waals surface area contributed by atoms with Crippen molar-refractivity contribution >= 4 is 40.5 Å². The summed E-state index contributed by atoms with van der Waals surface area (Å²) >= 11 is 11.7. The van der Waals surface area contributed by atoms with Gasteiger partial charge in [-0.15, -0.1) is 0 Å². The van der Waals surface area contributed by atoms with Crippen molar-refractivity contribution in [1.29, 1.82) is 0 Å². The summed E-state index contributed by atoms with van der Waals surface area (Å²) in [6.07, 6.45) is 0. The van der Waals surface area contributed by atoms with Crippen LogP contribution >= 0.6 is 23.8 Å². The molecule has 2 N–H and O–H groups in total. The number of hydrogen-bond donors (Lipinski definition) is 2. The summed E-state index contributed by atoms with van der Waals surface area (Å²) in [6.45, 7) is 6.05. The van der Waals surface area contributed by atoms with Crippen LogP contribution in [-0.4, -0.2) is 67.6 Å². The first-order valence-electron chi connectivity index (χ1n) is 7.73. The number of rotatable bonds is 3. The molecule has 23 heavy (non-hydrogen) atoms. The monoisotopic (exact) mass is 355 g/mol. The molecule has 126 valence electrons. The van der Waals surface area contributed by atoms with Crippen LogP contribution in [0.1, 0.15) is 5.56 Å². The number of piperazine rings is 1. The first kappa shape index (κ1) is 18.0. The van der Waals surface area contributed by atoms with E-state index in [-0.39, 0.29) is 5.91 Å². The fourth-order valence-corrected chi connectivity index (χ4v) is 2.98. The third kappa shape index (κ3) is 4.80. The quantitative estimate of drug-likeness (QED) is 0.780. The maximum atomic E-state index is 11.8. The fraction of sp³-hybridized carbons (Fsp3) is 0.500. The van der Waals surface area contributed by atoms with Gasteiger partial charge in [0.1, 0.15) is 0 Å². The van der Waals surface area contributed by atoms with E-state index in [0.717, 1.165) is 42.5 Å². The Morgan fingerprint density at radius 3 is 2.65 bits per heavy atom. The molecule has 0 aliphatic carbocycles. The van der Waals surface area contributed by atoms with Crippen molar-refractivity contribution < 1.29 is 9.69 Å². The molecule has 0 unspecified atom stereocenters. The molecule has 1 saturated heterocycles. The van der Waals surface area contributed by atoms with Gasteiger partial charge in [-0.2, -0.15) is 0 Å². The van der Waals surface area contributed by atoms with E-state index in [1.807, 2.05) is 25.1 Å². The molecule has 0 bridgehead atoms. The molecule has 0 aromatic heterocycles. The molecule has 1 amide bonds. The first-order valence-corrected chi connectivity index (χ1v) is 8.52. The highest BCUT2D eigenvalue weighted by molar-refractivity contribution is 7.80. The Kier molecular flexibility index (Phi) is 6.21. The van der Waals surface area contributed by atoms with Crippen LogP contribution in [0.15, 0.2) is 18.2 Å². The second-order valence-corrected chi connectivity index (χ2v) is 6.84. The van der Waals surface area contributed by atoms with Crippen molar-refractivity contribution in [2.75, 3.05) is 52.1 Å². The van der Waals surface area contributed by atoms with Crippen LogP contribution in [-0.2, 0) is 4.79 Å². The van der Waals surface area contributed by atoms with Crippen LogP contribution in [0.25, 0.3) is 0 Å². The van der Waals surface area contributed by atoms with Crippen LogP contribution in [0.3, 0.4) is 0 Å². The number of benzene rings is 1. The number of halogens is 1. The maximum Gasteiger partial charge on any atom is 0.277 e. The van der Waals surface area contributed by atoms with Gasteiger partial charge in [-0.05, 0) is 36.8 Å². The number of carbonyl (C=O) groups is 1. The molecule has 0 radical (unpaired) electrons. The molecule has 1 aromatic rings. The molecule has 0 spiro atoms. The first-order chi connectivity index (χ1) is 10.9. The Hall–Kier alpha value is -1.37. The molecule has 1 aliphatic heterocycles. The number of likely N-dealkylation sites (N-methyl/N-ethyl adjacent to an activating group) is 1. The van der Waals surface area contributed by atoms with E-state index >= 15 is 0 Å². The minimum atomic E-state index is 0.170. The number of amides is 1. The molecular formula is C16H24ClN4OS+. The maximum absolute atomic E-state index is 11.8. The normalized spacial score (nSPS) is 15.4. The van der Waals surface area contributed by atoms with Crippen LogP contribution in [0, 0.1) is 6.92 Å². The second-order valence-electron chi connectivity index (χ2n) is 6.04. The van der Waals surface area contributed by atoms with Crippen molar-refractivity contribution in [2.45, 2.75) is 6.92 Å². The van der Waals surface area contributed by atoms with Crippen LogP contribution in [0.5, 0.6) is 0 Å². The largest absolute Gasteiger partial charge is 0.344 e. The number of thiocarbonyl (C=S) groups is 1. The minimum absolute atomic E-state index is 0.170. The summed E-state index contributed by atoms with van der Waals surface area (Å²) in [5.74, 6) is 0.170. The third-order valence-corrected chi connectivity index (χ3v) is 4.94. The second kappa shape index (κ2) is 7.95. The summed E-state index contributed by atoms with van der Waals surface area (Å²) in [4.78, 5) is 16.9. The molecule has 1 fully saturated rings. The summed E-state index contributed by atoms with van der Waals surface area (Å²) in [5, 5.41) is 4.73. The van der Waals surface area contributed by atoms with Gasteiger partial charge in [0.05, 0.1) is 26.2 Å². The van der Waals surface area contributed by atoms with Gasteiger partial charge >= 0.3 is 0 Å². The zero-order chi connectivity index (χ0) is 17.0. The Bertz CT molecular complexity index is 585. The Labute approximate surface area is 148 Å². The van der Waals surface area contributed by atoms with Gasteiger partial charge in [-0.1, -0.05) is 17.7 Å². The van der Waals surface area contributed by atoms with Crippen LogP contribution < -0.4 is 10.2 Å². The predicted octanol–water partition coefficient (Wildman–Crippen LogP) is 0.634. The van der Waals surface area contributed by atoms with Gasteiger partial charge < -0.3 is 20.0 Å². The SMILES string of the molecule is Cc1c(Cl)cccc1NC(=S)N1CC[NH+](CC(=O)N(C)C)CC1. The van der Waals surface area contributed by atoms with Crippen molar-refractivity contribution in [3.8, 4) is 0 Å². The Morgan fingerprint density at radius 1 is 1.39 bits per heavy atom. The lowest BCUT2D eigenvalue weighted by Gasteiger charge is -2.34. The van der Waals surface area contributed by atoms with Crippen molar-refractivity contribution in [2.24, 2.45) is 0 Å². The summed E-state index contributed by atoms with van der Waals surface area (Å²) in [5.41, 5.74) is 1.94. The van der Waals surface area contributed by atoms with Crippen molar-refractivity contribution in [3.63, 3.8) is 0 Å². The molecule has 1 heterocycles. The number of hydrogen-bond acceptors (Lipinski definition) is 2. The van der Waals surface area contributed by atoms with Gasteiger partial charge in [-0.3, -0.25) is 4.79 Å². The van der Waals surface area contributed by atoms with E-state index < -0.39 is 0 Å². The molecule has 0 atom stereocenters. The highest BCUT2D eigenvalue weighted by atomic mass is 35.5. The zero-order valence-corrected chi connectivity index (χ0v) is 15.4. The molecule has 0 saturated carbocycles. The van der Waals surface area contributed by atoms with Gasteiger partial charge in [0.2, 0.25) is 0 Å². The third-order valence-electron chi connectivity index (χ3n) is 4.17. The van der Waals surface area contributed by atoms with Gasteiger partial charge in [0.15, 0.2) is 11.7 Å². The van der Waals surface area contributed by atoms with Crippen molar-refractivity contribution in [3.05, 3.63) is 28.8 Å². The lowest BCUT2D eigenvalue weighted by Crippen LogP contribution is -3.15. The van der Waals surface area contributed by atoms with Gasteiger partial charge in [0.25, 0.3) is 5.91 Å². The van der Waals surface area contributed by atoms with Gasteiger partial charge in [-0.25, -0.2) is 0 Å². The smallest absolute Gasteiger partial charge is 0.277 e. The molecule has 5 nitrogen and oxygen atoms in total. The molecular weight excluding hydrogens is 332 g/mol. The summed E-state index contributed by atoms with van der Waals surface area (Å²) < 4.78 is 0. The summed E-state index contributed by atoms with van der Waals surface area (Å²) in [6, 6.07) is 5.76. The molecule has 1 aliphatic rings. The fourth-order valence-electron chi connectivity index (χ4n) is 2.51. The van der Waals surface area contributed by atoms with E-state index in [4.69, 9.17) is 23.8 Å². The number of carbonyl (C=O) groups excluding carboxylic acids is 1. The van der Waals surface area contributed by atoms with E-state index in [1.54, 1.807) is 19.0 Å². The lowest BCUT2D eigenvalue weighted by atomic mass is 10.2. The average Bonchev–Trinajstić information content (AvgIpc) is 2.52. The number of nitrogens with one attached hydrogen (secondary N) is 2. The van der Waals surface area contributed by atoms with E-state index in [2.05, 4.69) is 10.2 Å². The zero-order valence-electron chi connectivity index (χ0n) is 13.9. The van der Waals surface area contributed by atoms with E-state index in [1.165, 1.54) is 4.90 Å². The summed E-state index contributed by atoms with van der Waals surface area (Å²) in [7, 11) is 3.59. The highest BCUT2D eigenvalue weighted by Crippen LogP contribution is 2.23. The van der Waals surface area contributed by atoms with E-state index in [0.29, 0.717) is 11.7 Å². The van der Waals surface area contributed by atoms with Crippen LogP contribution in [0.4, 0.5) is 5.69 Å². The number of anilines is 1. The average molecular weight is 356 g/mol. The molecule has 1 aromatic carbocycles. The lowest BCUT2D eigenvalue weighted by molar-refractivity contribution is -0.896. The van der Waals surface area contributed by atoms with E-state index in [9.17, 15) is 4.79 Å². The topological polar surface area (TPSA) is 40.0 Å². The number of quaternary nitrogens is 1. The Balaban J connectivity index is 1.86. The number of nitrogens with zero attached hydrogens (tertiary/aromatic N) is 2. The van der Waals surface area contributed by atoms with Gasteiger partial charge in [0, 0.05) is 24.8 Å². The van der Waals surface area contributed by atoms with Crippen molar-refractivity contribution in [1.82, 2.24) is 9.80 Å². The standard InChI is InChI=1S/C16H23ClN4OS/c1-12-13(17)5-4-6-14(12)18-16(23)21-9-7-20(8-10-21)11-15(22)19(2)3/h4-6H,7-11H2,1-3H3,(H,18,23)/p+1. The minimum Gasteiger partial charge on any atom is -0.344 e. The molecule has 7 heteroatoms. The molecule has 2 rings (SSSR count). The Morgan fingerprint density at radius 2 is 2.04 bits per heavy atom. The van der Waals surface area contributed by atoms with Crippen LogP contribution in [0.2, 0.25) is 5.02 Å².